The number of hydrogen-bond donors (Lipinski definition) is 1. The normalized spacial score (nSPS) is 12.7. The second-order valence-corrected chi connectivity index (χ2v) is 9.68. The molecule has 0 aliphatic carbocycles. The van der Waals surface area contributed by atoms with Crippen molar-refractivity contribution in [2.24, 2.45) is 0 Å². The Morgan fingerprint density at radius 3 is 2.03 bits per heavy atom. The SMILES string of the molecule is CCCN(CCc1ccc(OC(C)(C)C(=O)O)cc1)S(=O)(=O)c1ccc(C(F)(F)F)cc1. The van der Waals surface area contributed by atoms with Gasteiger partial charge in [-0.2, -0.15) is 17.5 Å². The first-order valence-electron chi connectivity index (χ1n) is 9.96. The van der Waals surface area contributed by atoms with Gasteiger partial charge in [0.25, 0.3) is 0 Å². The zero-order valence-electron chi connectivity index (χ0n) is 18.0. The van der Waals surface area contributed by atoms with Crippen molar-refractivity contribution in [2.75, 3.05) is 13.1 Å². The van der Waals surface area contributed by atoms with Gasteiger partial charge in [-0.05, 0) is 68.7 Å². The summed E-state index contributed by atoms with van der Waals surface area (Å²) in [7, 11) is -3.96. The summed E-state index contributed by atoms with van der Waals surface area (Å²) in [5, 5.41) is 9.14. The largest absolute Gasteiger partial charge is 0.478 e. The fraction of sp³-hybridized carbons (Fsp3) is 0.409. The molecule has 0 aliphatic heterocycles. The molecule has 32 heavy (non-hydrogen) atoms. The molecule has 0 heterocycles. The number of carboxylic acid groups (broad SMARTS) is 1. The lowest BCUT2D eigenvalue weighted by Crippen LogP contribution is -2.37. The van der Waals surface area contributed by atoms with Crippen molar-refractivity contribution in [3.63, 3.8) is 0 Å². The molecule has 0 aromatic heterocycles. The van der Waals surface area contributed by atoms with Crippen molar-refractivity contribution in [3.8, 4) is 5.75 Å². The first-order valence-corrected chi connectivity index (χ1v) is 11.4. The number of ether oxygens (including phenoxy) is 1. The molecule has 2 rings (SSSR count). The quantitative estimate of drug-likeness (QED) is 0.546. The van der Waals surface area contributed by atoms with E-state index in [2.05, 4.69) is 0 Å². The highest BCUT2D eigenvalue weighted by molar-refractivity contribution is 7.89. The van der Waals surface area contributed by atoms with Gasteiger partial charge in [0.05, 0.1) is 10.5 Å². The monoisotopic (exact) mass is 473 g/mol. The molecule has 10 heteroatoms. The Morgan fingerprint density at radius 2 is 1.56 bits per heavy atom. The third kappa shape index (κ3) is 6.46. The molecule has 2 aromatic carbocycles. The summed E-state index contributed by atoms with van der Waals surface area (Å²) in [6, 6.07) is 10.1. The van der Waals surface area contributed by atoms with Crippen LogP contribution < -0.4 is 4.74 Å². The molecule has 1 N–H and O–H groups in total. The Hall–Kier alpha value is -2.59. The van der Waals surface area contributed by atoms with Crippen molar-refractivity contribution < 1.29 is 36.2 Å². The Balaban J connectivity index is 2.12. The predicted octanol–water partition coefficient (Wildman–Crippen LogP) is 4.59. The van der Waals surface area contributed by atoms with E-state index in [1.54, 1.807) is 24.3 Å². The molecule has 0 amide bonds. The average molecular weight is 474 g/mol. The van der Waals surface area contributed by atoms with Gasteiger partial charge in [0.1, 0.15) is 5.75 Å². The molecular formula is C22H26F3NO5S. The van der Waals surface area contributed by atoms with Crippen molar-refractivity contribution >= 4 is 16.0 Å². The van der Waals surface area contributed by atoms with E-state index in [9.17, 15) is 26.4 Å². The molecule has 0 bridgehead atoms. The molecule has 0 fully saturated rings. The number of benzene rings is 2. The van der Waals surface area contributed by atoms with Crippen LogP contribution in [0.1, 0.15) is 38.3 Å². The highest BCUT2D eigenvalue weighted by Crippen LogP contribution is 2.30. The summed E-state index contributed by atoms with van der Waals surface area (Å²) in [6.07, 6.45) is -3.64. The van der Waals surface area contributed by atoms with Crippen LogP contribution in [0.4, 0.5) is 13.2 Å². The van der Waals surface area contributed by atoms with Gasteiger partial charge in [-0.3, -0.25) is 0 Å². The van der Waals surface area contributed by atoms with Crippen LogP contribution in [0, 0.1) is 0 Å². The molecule has 0 unspecified atom stereocenters. The number of alkyl halides is 3. The first kappa shape index (κ1) is 25.7. The van der Waals surface area contributed by atoms with Gasteiger partial charge in [-0.15, -0.1) is 0 Å². The lowest BCUT2D eigenvalue weighted by atomic mass is 10.1. The van der Waals surface area contributed by atoms with E-state index in [0.717, 1.165) is 29.8 Å². The number of carbonyl (C=O) groups is 1. The fourth-order valence-corrected chi connectivity index (χ4v) is 4.42. The van der Waals surface area contributed by atoms with Crippen molar-refractivity contribution in [2.45, 2.75) is 50.3 Å². The van der Waals surface area contributed by atoms with Gasteiger partial charge in [0.15, 0.2) is 5.60 Å². The van der Waals surface area contributed by atoms with Crippen LogP contribution in [-0.4, -0.2) is 42.5 Å². The molecule has 2 aromatic rings. The van der Waals surface area contributed by atoms with E-state index in [0.29, 0.717) is 18.6 Å². The minimum atomic E-state index is -4.54. The van der Waals surface area contributed by atoms with E-state index in [-0.39, 0.29) is 18.0 Å². The smallest absolute Gasteiger partial charge is 0.416 e. The second-order valence-electron chi connectivity index (χ2n) is 7.74. The summed E-state index contributed by atoms with van der Waals surface area (Å²) in [5.74, 6) is -0.741. The number of halogens is 3. The third-order valence-corrected chi connectivity index (χ3v) is 6.67. The van der Waals surface area contributed by atoms with E-state index in [1.165, 1.54) is 18.2 Å². The minimum Gasteiger partial charge on any atom is -0.478 e. The van der Waals surface area contributed by atoms with Crippen molar-refractivity contribution in [3.05, 3.63) is 59.7 Å². The maximum Gasteiger partial charge on any atom is 0.416 e. The van der Waals surface area contributed by atoms with E-state index < -0.39 is 33.3 Å². The van der Waals surface area contributed by atoms with Crippen LogP contribution in [0.5, 0.6) is 5.75 Å². The van der Waals surface area contributed by atoms with Crippen LogP contribution in [-0.2, 0) is 27.4 Å². The molecule has 0 spiro atoms. The topological polar surface area (TPSA) is 83.9 Å². The maximum atomic E-state index is 12.9. The Bertz CT molecular complexity index is 1020. The second kappa shape index (κ2) is 9.91. The van der Waals surface area contributed by atoms with Crippen molar-refractivity contribution in [1.82, 2.24) is 4.31 Å². The zero-order chi connectivity index (χ0) is 24.2. The molecule has 0 aliphatic rings. The number of aliphatic carboxylic acids is 1. The zero-order valence-corrected chi connectivity index (χ0v) is 18.8. The lowest BCUT2D eigenvalue weighted by molar-refractivity contribution is -0.152. The van der Waals surface area contributed by atoms with Crippen molar-refractivity contribution in [1.29, 1.82) is 0 Å². The lowest BCUT2D eigenvalue weighted by Gasteiger charge is -2.23. The average Bonchev–Trinajstić information content (AvgIpc) is 2.71. The Morgan fingerprint density at radius 1 is 1.00 bits per heavy atom. The van der Waals surface area contributed by atoms with Gasteiger partial charge in [-0.25, -0.2) is 13.2 Å². The Kier molecular flexibility index (Phi) is 7.95. The van der Waals surface area contributed by atoms with Gasteiger partial charge >= 0.3 is 12.1 Å². The highest BCUT2D eigenvalue weighted by atomic mass is 32.2. The van der Waals surface area contributed by atoms with Gasteiger partial charge in [-0.1, -0.05) is 19.1 Å². The molecule has 0 saturated heterocycles. The number of hydrogen-bond acceptors (Lipinski definition) is 4. The summed E-state index contributed by atoms with van der Waals surface area (Å²) in [5.41, 5.74) is -1.50. The number of sulfonamides is 1. The van der Waals surface area contributed by atoms with Crippen LogP contribution in [0.2, 0.25) is 0 Å². The fourth-order valence-electron chi connectivity index (χ4n) is 2.88. The summed E-state index contributed by atoms with van der Waals surface area (Å²) >= 11 is 0. The van der Waals surface area contributed by atoms with Crippen LogP contribution >= 0.6 is 0 Å². The Labute approximate surface area is 185 Å². The molecule has 6 nitrogen and oxygen atoms in total. The number of nitrogens with zero attached hydrogens (tertiary/aromatic N) is 1. The molecule has 176 valence electrons. The maximum absolute atomic E-state index is 12.9. The van der Waals surface area contributed by atoms with Crippen LogP contribution in [0.25, 0.3) is 0 Å². The third-order valence-electron chi connectivity index (χ3n) is 4.75. The number of rotatable bonds is 10. The summed E-state index contributed by atoms with van der Waals surface area (Å²) in [4.78, 5) is 11.0. The highest BCUT2D eigenvalue weighted by Gasteiger charge is 2.32. The predicted molar refractivity (Wildman–Crippen MR) is 113 cm³/mol. The van der Waals surface area contributed by atoms with E-state index >= 15 is 0 Å². The summed E-state index contributed by atoms with van der Waals surface area (Å²) < 4.78 is 70.9. The number of carboxylic acids is 1. The minimum absolute atomic E-state index is 0.137. The van der Waals surface area contributed by atoms with Gasteiger partial charge < -0.3 is 9.84 Å². The molecule has 0 atom stereocenters. The molecule has 0 saturated carbocycles. The van der Waals surface area contributed by atoms with E-state index in [1.807, 2.05) is 6.92 Å². The van der Waals surface area contributed by atoms with Gasteiger partial charge in [0.2, 0.25) is 10.0 Å². The van der Waals surface area contributed by atoms with Crippen LogP contribution in [0.3, 0.4) is 0 Å². The standard InChI is InChI=1S/C22H26F3NO5S/c1-4-14-26(32(29,30)19-11-7-17(8-12-19)22(23,24)25)15-13-16-5-9-18(10-6-16)31-21(2,3)20(27)28/h5-12H,4,13-15H2,1-3H3,(H,27,28). The summed E-state index contributed by atoms with van der Waals surface area (Å²) in [6.45, 7) is 5.02. The van der Waals surface area contributed by atoms with Gasteiger partial charge in [0, 0.05) is 13.1 Å². The van der Waals surface area contributed by atoms with E-state index in [4.69, 9.17) is 9.84 Å². The van der Waals surface area contributed by atoms with Crippen LogP contribution in [0.15, 0.2) is 53.4 Å². The molecule has 0 radical (unpaired) electrons. The molecular weight excluding hydrogens is 447 g/mol. The first-order chi connectivity index (χ1) is 14.8.